The lowest BCUT2D eigenvalue weighted by atomic mass is 9.81. The van der Waals surface area contributed by atoms with Crippen molar-refractivity contribution in [3.8, 4) is 0 Å². The SMILES string of the molecule is CC1=C(C(=O)OCCCO[N+](=O)[O-])C(c2cccc([N+](=O)[O-])c2)C(C(=O)OC(C)C)=C(N)N1. The Hall–Kier alpha value is -4.16. The molecule has 2 rings (SSSR count). The van der Waals surface area contributed by atoms with Crippen molar-refractivity contribution in [2.75, 3.05) is 13.2 Å². The Kier molecular flexibility index (Phi) is 8.31. The van der Waals surface area contributed by atoms with Gasteiger partial charge in [0.1, 0.15) is 5.82 Å². The molecule has 3 N–H and O–H groups in total. The number of nitrogens with one attached hydrogen (secondary N) is 1. The fourth-order valence-electron chi connectivity index (χ4n) is 3.22. The first-order valence-electron chi connectivity index (χ1n) is 9.90. The second-order valence-corrected chi connectivity index (χ2v) is 7.28. The summed E-state index contributed by atoms with van der Waals surface area (Å²) >= 11 is 0. The Morgan fingerprint density at radius 1 is 1.15 bits per heavy atom. The van der Waals surface area contributed by atoms with Crippen molar-refractivity contribution in [2.45, 2.75) is 39.2 Å². The van der Waals surface area contributed by atoms with Gasteiger partial charge in [-0.05, 0) is 26.3 Å². The summed E-state index contributed by atoms with van der Waals surface area (Å²) in [6, 6.07) is 5.44. The number of hydrogen-bond donors (Lipinski definition) is 2. The molecule has 0 spiro atoms. The Bertz CT molecular complexity index is 1020. The molecule has 33 heavy (non-hydrogen) atoms. The topological polar surface area (TPSA) is 186 Å². The third kappa shape index (κ3) is 6.41. The molecule has 0 aliphatic carbocycles. The zero-order chi connectivity index (χ0) is 24.7. The van der Waals surface area contributed by atoms with Crippen LogP contribution in [-0.2, 0) is 23.9 Å². The minimum absolute atomic E-state index is 0.00408. The van der Waals surface area contributed by atoms with E-state index < -0.39 is 34.0 Å². The van der Waals surface area contributed by atoms with Gasteiger partial charge >= 0.3 is 11.9 Å². The number of esters is 2. The van der Waals surface area contributed by atoms with Crippen molar-refractivity contribution < 1.29 is 33.9 Å². The van der Waals surface area contributed by atoms with Gasteiger partial charge in [-0.2, -0.15) is 0 Å². The predicted molar refractivity (Wildman–Crippen MR) is 113 cm³/mol. The Morgan fingerprint density at radius 2 is 1.85 bits per heavy atom. The first-order chi connectivity index (χ1) is 15.5. The number of benzene rings is 1. The first kappa shape index (κ1) is 25.1. The van der Waals surface area contributed by atoms with Gasteiger partial charge < -0.3 is 25.4 Å². The average molecular weight is 464 g/mol. The van der Waals surface area contributed by atoms with Gasteiger partial charge in [-0.15, -0.1) is 10.1 Å². The molecule has 1 unspecified atom stereocenters. The molecule has 0 radical (unpaired) electrons. The van der Waals surface area contributed by atoms with Crippen LogP contribution in [0.3, 0.4) is 0 Å². The van der Waals surface area contributed by atoms with Gasteiger partial charge in [0.15, 0.2) is 0 Å². The van der Waals surface area contributed by atoms with E-state index in [1.165, 1.54) is 31.2 Å². The molecule has 1 aliphatic heterocycles. The maximum Gasteiger partial charge on any atom is 0.338 e. The van der Waals surface area contributed by atoms with Crippen LogP contribution in [0.15, 0.2) is 46.9 Å². The van der Waals surface area contributed by atoms with Crippen LogP contribution in [0.5, 0.6) is 0 Å². The van der Waals surface area contributed by atoms with Crippen LogP contribution in [0.25, 0.3) is 0 Å². The highest BCUT2D eigenvalue weighted by Crippen LogP contribution is 2.39. The molecule has 178 valence electrons. The summed E-state index contributed by atoms with van der Waals surface area (Å²) in [7, 11) is 0. The number of nitrogens with zero attached hydrogens (tertiary/aromatic N) is 2. The second kappa shape index (κ2) is 10.9. The minimum atomic E-state index is -1.11. The van der Waals surface area contributed by atoms with Crippen LogP contribution >= 0.6 is 0 Å². The van der Waals surface area contributed by atoms with E-state index in [-0.39, 0.29) is 53.5 Å². The molecule has 0 saturated heterocycles. The molecule has 1 aromatic carbocycles. The maximum atomic E-state index is 13.0. The van der Waals surface area contributed by atoms with Gasteiger partial charge in [-0.25, -0.2) is 9.59 Å². The minimum Gasteiger partial charge on any atom is -0.462 e. The van der Waals surface area contributed by atoms with Crippen molar-refractivity contribution in [3.63, 3.8) is 0 Å². The van der Waals surface area contributed by atoms with Crippen LogP contribution in [0.2, 0.25) is 0 Å². The first-order valence-corrected chi connectivity index (χ1v) is 9.90. The summed E-state index contributed by atoms with van der Waals surface area (Å²) in [5, 5.41) is 23.3. The zero-order valence-electron chi connectivity index (χ0n) is 18.2. The van der Waals surface area contributed by atoms with Crippen LogP contribution in [0.1, 0.15) is 38.7 Å². The number of allylic oxidation sites excluding steroid dienone is 1. The van der Waals surface area contributed by atoms with E-state index in [0.717, 1.165) is 0 Å². The van der Waals surface area contributed by atoms with Crippen molar-refractivity contribution in [3.05, 3.63) is 72.7 Å². The van der Waals surface area contributed by atoms with E-state index in [1.807, 2.05) is 0 Å². The molecule has 0 aromatic heterocycles. The molecule has 0 saturated carbocycles. The number of carbonyl (C=O) groups is 2. The fourth-order valence-corrected chi connectivity index (χ4v) is 3.22. The fraction of sp³-hybridized carbons (Fsp3) is 0.400. The van der Waals surface area contributed by atoms with Gasteiger partial charge in [0.25, 0.3) is 10.8 Å². The van der Waals surface area contributed by atoms with Gasteiger partial charge in [-0.3, -0.25) is 10.1 Å². The smallest absolute Gasteiger partial charge is 0.338 e. The summed E-state index contributed by atoms with van der Waals surface area (Å²) in [5.74, 6) is -2.81. The molecular formula is C20H24N4O9. The van der Waals surface area contributed by atoms with E-state index >= 15 is 0 Å². The summed E-state index contributed by atoms with van der Waals surface area (Å²) < 4.78 is 10.5. The van der Waals surface area contributed by atoms with Crippen LogP contribution < -0.4 is 11.1 Å². The van der Waals surface area contributed by atoms with Crippen LogP contribution in [0, 0.1) is 20.2 Å². The van der Waals surface area contributed by atoms with Crippen molar-refractivity contribution >= 4 is 17.6 Å². The molecule has 0 bridgehead atoms. The predicted octanol–water partition coefficient (Wildman–Crippen LogP) is 1.82. The molecule has 1 heterocycles. The van der Waals surface area contributed by atoms with Crippen LogP contribution in [-0.4, -0.2) is 41.3 Å². The molecule has 1 atom stereocenters. The van der Waals surface area contributed by atoms with E-state index in [1.54, 1.807) is 13.8 Å². The van der Waals surface area contributed by atoms with Gasteiger partial charge in [0.05, 0.1) is 41.3 Å². The monoisotopic (exact) mass is 464 g/mol. The highest BCUT2D eigenvalue weighted by Gasteiger charge is 2.39. The third-order valence-electron chi connectivity index (χ3n) is 4.51. The molecular weight excluding hydrogens is 440 g/mol. The Morgan fingerprint density at radius 3 is 2.45 bits per heavy atom. The standard InChI is InChI=1S/C20H24N4O9/c1-11(2)33-20(26)17-16(13-6-4-7-14(10-13)23(27)28)15(12(3)22-18(17)21)19(25)31-8-5-9-32-24(29)30/h4,6-7,10-11,16,22H,5,8-9,21H2,1-3H3. The second-order valence-electron chi connectivity index (χ2n) is 7.28. The van der Waals surface area contributed by atoms with Crippen molar-refractivity contribution in [1.29, 1.82) is 0 Å². The third-order valence-corrected chi connectivity index (χ3v) is 4.51. The average Bonchev–Trinajstić information content (AvgIpc) is 2.71. The molecule has 0 fully saturated rings. The lowest BCUT2D eigenvalue weighted by Crippen LogP contribution is -2.36. The Balaban J connectivity index is 2.45. The number of dihydropyridines is 1. The summed E-state index contributed by atoms with van der Waals surface area (Å²) in [6.07, 6.45) is -0.443. The van der Waals surface area contributed by atoms with E-state index in [2.05, 4.69) is 10.2 Å². The Labute approximate surface area is 188 Å². The number of nitro benzene ring substituents is 1. The summed E-state index contributed by atoms with van der Waals surface area (Å²) in [5.41, 5.74) is 6.25. The normalized spacial score (nSPS) is 15.7. The highest BCUT2D eigenvalue weighted by atomic mass is 16.9. The number of rotatable bonds is 10. The van der Waals surface area contributed by atoms with Gasteiger partial charge in [0, 0.05) is 24.3 Å². The number of hydrogen-bond acceptors (Lipinski definition) is 11. The van der Waals surface area contributed by atoms with Gasteiger partial charge in [0.2, 0.25) is 0 Å². The quantitative estimate of drug-likeness (QED) is 0.222. The molecule has 13 heteroatoms. The molecule has 1 aromatic rings. The van der Waals surface area contributed by atoms with Crippen molar-refractivity contribution in [1.82, 2.24) is 5.32 Å². The van der Waals surface area contributed by atoms with Gasteiger partial charge in [-0.1, -0.05) is 12.1 Å². The molecule has 0 amide bonds. The van der Waals surface area contributed by atoms with E-state index in [9.17, 15) is 29.8 Å². The number of ether oxygens (including phenoxy) is 2. The lowest BCUT2D eigenvalue weighted by molar-refractivity contribution is -0.757. The highest BCUT2D eigenvalue weighted by molar-refractivity contribution is 6.00. The lowest BCUT2D eigenvalue weighted by Gasteiger charge is -2.30. The van der Waals surface area contributed by atoms with Crippen LogP contribution in [0.4, 0.5) is 5.69 Å². The van der Waals surface area contributed by atoms with E-state index in [0.29, 0.717) is 0 Å². The number of carbonyl (C=O) groups excluding carboxylic acids is 2. The number of nitro groups is 1. The zero-order valence-corrected chi connectivity index (χ0v) is 18.2. The van der Waals surface area contributed by atoms with Crippen molar-refractivity contribution in [2.24, 2.45) is 5.73 Å². The summed E-state index contributed by atoms with van der Waals surface area (Å²) in [6.45, 7) is 4.33. The molecule has 1 aliphatic rings. The largest absolute Gasteiger partial charge is 0.462 e. The summed E-state index contributed by atoms with van der Waals surface area (Å²) in [4.78, 5) is 50.9. The molecule has 13 nitrogen and oxygen atoms in total. The maximum absolute atomic E-state index is 13.0. The van der Waals surface area contributed by atoms with E-state index in [4.69, 9.17) is 15.2 Å². The number of nitrogens with two attached hydrogens (primary N) is 1. The number of non-ortho nitro benzene ring substituents is 1.